The van der Waals surface area contributed by atoms with Gasteiger partial charge in [-0.2, -0.15) is 0 Å². The number of ether oxygens (including phenoxy) is 1. The topological polar surface area (TPSA) is 107 Å². The minimum atomic E-state index is -1.12. The number of carboxylic acids is 1. The Hall–Kier alpha value is -2.94. The van der Waals surface area contributed by atoms with Gasteiger partial charge in [0.1, 0.15) is 12.2 Å². The number of amides is 3. The highest BCUT2D eigenvalue weighted by atomic mass is 16.5. The fraction of sp³-hybridized carbons (Fsp3) is 0.474. The van der Waals surface area contributed by atoms with Crippen LogP contribution in [0.1, 0.15) is 30.1 Å². The predicted octanol–water partition coefficient (Wildman–Crippen LogP) is 0.297. The minimum Gasteiger partial charge on any atom is -0.479 e. The molecule has 1 N–H and O–H groups in total. The zero-order valence-corrected chi connectivity index (χ0v) is 15.5. The molecular weight excluding hydrogens is 366 g/mol. The number of nitrogens with zero attached hydrogens (tertiary/aromatic N) is 3. The van der Waals surface area contributed by atoms with E-state index in [0.29, 0.717) is 24.1 Å². The average molecular weight is 387 g/mol. The number of aliphatic carboxylic acids is 1. The molecule has 0 radical (unpaired) electrons. The lowest BCUT2D eigenvalue weighted by Gasteiger charge is -2.48. The van der Waals surface area contributed by atoms with Crippen molar-refractivity contribution < 1.29 is 29.0 Å². The van der Waals surface area contributed by atoms with Crippen LogP contribution >= 0.6 is 0 Å². The molecule has 2 unspecified atom stereocenters. The molecule has 3 aliphatic heterocycles. The fourth-order valence-corrected chi connectivity index (χ4v) is 4.20. The third kappa shape index (κ3) is 2.73. The summed E-state index contributed by atoms with van der Waals surface area (Å²) in [6.07, 6.45) is -0.350. The zero-order valence-electron chi connectivity index (χ0n) is 15.5. The molecular formula is C19H21N3O6. The summed E-state index contributed by atoms with van der Waals surface area (Å²) >= 11 is 0. The van der Waals surface area contributed by atoms with E-state index in [1.807, 2.05) is 0 Å². The third-order valence-corrected chi connectivity index (χ3v) is 5.73. The lowest BCUT2D eigenvalue weighted by molar-refractivity contribution is -0.159. The number of carbonyl (C=O) groups is 4. The fourth-order valence-electron chi connectivity index (χ4n) is 4.20. The summed E-state index contributed by atoms with van der Waals surface area (Å²) in [6, 6.07) is 6.89. The van der Waals surface area contributed by atoms with Crippen LogP contribution in [0.2, 0.25) is 0 Å². The molecule has 0 aromatic heterocycles. The Labute approximate surface area is 161 Å². The summed E-state index contributed by atoms with van der Waals surface area (Å²) in [5, 5.41) is 9.13. The Balaban J connectivity index is 1.62. The molecule has 0 bridgehead atoms. The Bertz CT molecular complexity index is 871. The Kier molecular flexibility index (Phi) is 4.34. The van der Waals surface area contributed by atoms with Crippen molar-refractivity contribution in [1.82, 2.24) is 9.80 Å². The molecule has 4 rings (SSSR count). The number of benzene rings is 1. The van der Waals surface area contributed by atoms with E-state index in [4.69, 9.17) is 9.84 Å². The van der Waals surface area contributed by atoms with Crippen molar-refractivity contribution in [2.75, 3.05) is 31.1 Å². The minimum absolute atomic E-state index is 0.0633. The SMILES string of the molecule is CC12CCC(=O)N1c1ccccc1C(=O)N2CC(=O)N1CCOC(C(=O)O)C1. The second kappa shape index (κ2) is 6.59. The maximum atomic E-state index is 13.2. The molecule has 28 heavy (non-hydrogen) atoms. The lowest BCUT2D eigenvalue weighted by atomic mass is 9.98. The van der Waals surface area contributed by atoms with Gasteiger partial charge in [0, 0.05) is 13.0 Å². The quantitative estimate of drug-likeness (QED) is 0.799. The molecule has 0 saturated carbocycles. The first-order chi connectivity index (χ1) is 13.3. The molecule has 2 fully saturated rings. The molecule has 1 aromatic rings. The van der Waals surface area contributed by atoms with E-state index in [-0.39, 0.29) is 44.0 Å². The number of morpholine rings is 1. The van der Waals surface area contributed by atoms with Crippen LogP contribution in [0.4, 0.5) is 5.69 Å². The molecule has 9 heteroatoms. The van der Waals surface area contributed by atoms with Gasteiger partial charge in [-0.3, -0.25) is 19.3 Å². The van der Waals surface area contributed by atoms with Crippen molar-refractivity contribution >= 4 is 29.4 Å². The molecule has 3 heterocycles. The van der Waals surface area contributed by atoms with Crippen LogP contribution in [0.3, 0.4) is 0 Å². The Morgan fingerprint density at radius 3 is 2.79 bits per heavy atom. The first-order valence-corrected chi connectivity index (χ1v) is 9.19. The normalized spacial score (nSPS) is 26.9. The van der Waals surface area contributed by atoms with Crippen molar-refractivity contribution in [3.05, 3.63) is 29.8 Å². The zero-order chi connectivity index (χ0) is 20.1. The van der Waals surface area contributed by atoms with E-state index in [2.05, 4.69) is 0 Å². The summed E-state index contributed by atoms with van der Waals surface area (Å²) in [5.74, 6) is -1.87. The van der Waals surface area contributed by atoms with Crippen LogP contribution in [-0.4, -0.2) is 76.6 Å². The van der Waals surface area contributed by atoms with Crippen LogP contribution in [0, 0.1) is 0 Å². The molecule has 9 nitrogen and oxygen atoms in total. The van der Waals surface area contributed by atoms with Gasteiger partial charge in [-0.1, -0.05) is 12.1 Å². The van der Waals surface area contributed by atoms with Gasteiger partial charge >= 0.3 is 5.97 Å². The molecule has 3 aliphatic rings. The summed E-state index contributed by atoms with van der Waals surface area (Å²) in [4.78, 5) is 54.2. The van der Waals surface area contributed by atoms with Crippen molar-refractivity contribution in [3.8, 4) is 0 Å². The van der Waals surface area contributed by atoms with E-state index in [0.717, 1.165) is 0 Å². The van der Waals surface area contributed by atoms with Crippen LogP contribution in [-0.2, 0) is 19.1 Å². The first kappa shape index (κ1) is 18.4. The molecule has 1 aromatic carbocycles. The van der Waals surface area contributed by atoms with Gasteiger partial charge in [0.15, 0.2) is 6.10 Å². The van der Waals surface area contributed by atoms with Gasteiger partial charge in [-0.05, 0) is 25.5 Å². The third-order valence-electron chi connectivity index (χ3n) is 5.73. The predicted molar refractivity (Wildman–Crippen MR) is 96.6 cm³/mol. The van der Waals surface area contributed by atoms with Gasteiger partial charge in [0.25, 0.3) is 5.91 Å². The standard InChI is InChI=1S/C19H21N3O6/c1-19-7-6-15(23)22(19)13-5-3-2-4-12(13)17(25)21(19)11-16(24)20-8-9-28-14(10-20)18(26)27/h2-5,14H,6-11H2,1H3,(H,26,27). The van der Waals surface area contributed by atoms with Gasteiger partial charge in [0.05, 0.1) is 24.4 Å². The van der Waals surface area contributed by atoms with E-state index < -0.39 is 17.7 Å². The number of hydrogen-bond acceptors (Lipinski definition) is 5. The van der Waals surface area contributed by atoms with Crippen LogP contribution in [0.25, 0.3) is 0 Å². The summed E-state index contributed by atoms with van der Waals surface area (Å²) in [5.41, 5.74) is 0.0309. The van der Waals surface area contributed by atoms with E-state index in [9.17, 15) is 19.2 Å². The second-order valence-electron chi connectivity index (χ2n) is 7.39. The van der Waals surface area contributed by atoms with Crippen molar-refractivity contribution in [1.29, 1.82) is 0 Å². The number of anilines is 1. The van der Waals surface area contributed by atoms with Gasteiger partial charge < -0.3 is 19.6 Å². The monoisotopic (exact) mass is 387 g/mol. The van der Waals surface area contributed by atoms with E-state index >= 15 is 0 Å². The Morgan fingerprint density at radius 1 is 1.29 bits per heavy atom. The summed E-state index contributed by atoms with van der Waals surface area (Å²) in [7, 11) is 0. The highest BCUT2D eigenvalue weighted by Gasteiger charge is 2.53. The van der Waals surface area contributed by atoms with Crippen molar-refractivity contribution in [2.24, 2.45) is 0 Å². The summed E-state index contributed by atoms with van der Waals surface area (Å²) in [6.45, 7) is 1.90. The number of fused-ring (bicyclic) bond motifs is 3. The van der Waals surface area contributed by atoms with Crippen LogP contribution in [0.5, 0.6) is 0 Å². The van der Waals surface area contributed by atoms with E-state index in [1.54, 1.807) is 36.1 Å². The van der Waals surface area contributed by atoms with Crippen molar-refractivity contribution in [3.63, 3.8) is 0 Å². The maximum Gasteiger partial charge on any atom is 0.334 e. The molecule has 3 amide bonds. The lowest BCUT2D eigenvalue weighted by Crippen LogP contribution is -2.64. The molecule has 0 aliphatic carbocycles. The number of hydrogen-bond donors (Lipinski definition) is 1. The largest absolute Gasteiger partial charge is 0.479 e. The van der Waals surface area contributed by atoms with E-state index in [1.165, 1.54) is 9.80 Å². The number of para-hydroxylation sites is 1. The first-order valence-electron chi connectivity index (χ1n) is 9.19. The van der Waals surface area contributed by atoms with Gasteiger partial charge in [0.2, 0.25) is 11.8 Å². The highest BCUT2D eigenvalue weighted by molar-refractivity contribution is 6.11. The molecule has 2 atom stereocenters. The number of carbonyl (C=O) groups excluding carboxylic acids is 3. The Morgan fingerprint density at radius 2 is 2.04 bits per heavy atom. The smallest absolute Gasteiger partial charge is 0.334 e. The molecule has 2 saturated heterocycles. The van der Waals surface area contributed by atoms with Gasteiger partial charge in [-0.25, -0.2) is 4.79 Å². The van der Waals surface area contributed by atoms with Crippen LogP contribution in [0.15, 0.2) is 24.3 Å². The molecule has 148 valence electrons. The van der Waals surface area contributed by atoms with Crippen LogP contribution < -0.4 is 4.90 Å². The average Bonchev–Trinajstić information content (AvgIpc) is 3.00. The highest BCUT2D eigenvalue weighted by Crippen LogP contribution is 2.43. The number of carboxylic acid groups (broad SMARTS) is 1. The summed E-state index contributed by atoms with van der Waals surface area (Å²) < 4.78 is 5.15. The maximum absolute atomic E-state index is 13.2. The van der Waals surface area contributed by atoms with Gasteiger partial charge in [-0.15, -0.1) is 0 Å². The van der Waals surface area contributed by atoms with Crippen molar-refractivity contribution in [2.45, 2.75) is 31.5 Å². The second-order valence-corrected chi connectivity index (χ2v) is 7.39. The molecule has 0 spiro atoms. The number of rotatable bonds is 3.